The molecule has 3 rings (SSSR count). The minimum atomic E-state index is 0.719. The minimum absolute atomic E-state index is 0.719. The molecule has 0 spiro atoms. The van der Waals surface area contributed by atoms with Crippen LogP contribution in [0.15, 0.2) is 83.0 Å². The molecular formula is C23H28N6. The van der Waals surface area contributed by atoms with Gasteiger partial charge in [-0.2, -0.15) is 10.2 Å². The fourth-order valence-corrected chi connectivity index (χ4v) is 2.96. The monoisotopic (exact) mass is 388 g/mol. The molecule has 0 aliphatic carbocycles. The summed E-state index contributed by atoms with van der Waals surface area (Å²) in [5, 5.41) is 8.52. The number of anilines is 4. The SMILES string of the molecule is CN(CCCN(C)c1ccc(/N=N/c2ccc(N)cc2)cc1)c1ccc(N)cc1. The van der Waals surface area contributed by atoms with Gasteiger partial charge < -0.3 is 21.3 Å². The maximum absolute atomic E-state index is 5.75. The maximum Gasteiger partial charge on any atom is 0.0858 e. The topological polar surface area (TPSA) is 83.2 Å². The molecule has 3 aromatic carbocycles. The van der Waals surface area contributed by atoms with E-state index in [4.69, 9.17) is 11.5 Å². The molecule has 4 N–H and O–H groups in total. The zero-order chi connectivity index (χ0) is 20.6. The molecule has 150 valence electrons. The fourth-order valence-electron chi connectivity index (χ4n) is 2.96. The molecule has 0 aliphatic rings. The van der Waals surface area contributed by atoms with Crippen molar-refractivity contribution < 1.29 is 0 Å². The van der Waals surface area contributed by atoms with Crippen LogP contribution in [0.1, 0.15) is 6.42 Å². The largest absolute Gasteiger partial charge is 0.399 e. The van der Waals surface area contributed by atoms with Crippen molar-refractivity contribution in [2.75, 3.05) is 48.5 Å². The Hall–Kier alpha value is -3.54. The zero-order valence-electron chi connectivity index (χ0n) is 17.0. The first-order valence-electron chi connectivity index (χ1n) is 9.66. The molecule has 0 radical (unpaired) electrons. The van der Waals surface area contributed by atoms with E-state index in [0.29, 0.717) is 0 Å². The van der Waals surface area contributed by atoms with E-state index in [-0.39, 0.29) is 0 Å². The number of hydrogen-bond donors (Lipinski definition) is 2. The Morgan fingerprint density at radius 1 is 0.586 bits per heavy atom. The van der Waals surface area contributed by atoms with Crippen molar-refractivity contribution in [1.82, 2.24) is 0 Å². The van der Waals surface area contributed by atoms with Crippen LogP contribution in [0.3, 0.4) is 0 Å². The second-order valence-electron chi connectivity index (χ2n) is 7.10. The summed E-state index contributed by atoms with van der Waals surface area (Å²) in [4.78, 5) is 4.49. The first kappa shape index (κ1) is 20.2. The van der Waals surface area contributed by atoms with Crippen molar-refractivity contribution in [2.24, 2.45) is 10.2 Å². The third-order valence-corrected chi connectivity index (χ3v) is 4.79. The van der Waals surface area contributed by atoms with Gasteiger partial charge >= 0.3 is 0 Å². The predicted molar refractivity (Wildman–Crippen MR) is 123 cm³/mol. The summed E-state index contributed by atoms with van der Waals surface area (Å²) >= 11 is 0. The zero-order valence-corrected chi connectivity index (χ0v) is 17.0. The Labute approximate surface area is 172 Å². The number of hydrogen-bond acceptors (Lipinski definition) is 6. The van der Waals surface area contributed by atoms with Crippen molar-refractivity contribution in [3.63, 3.8) is 0 Å². The summed E-state index contributed by atoms with van der Waals surface area (Å²) < 4.78 is 0. The molecule has 0 saturated heterocycles. The van der Waals surface area contributed by atoms with Crippen LogP contribution in [0.25, 0.3) is 0 Å². The molecule has 0 aromatic heterocycles. The van der Waals surface area contributed by atoms with Crippen LogP contribution in [0, 0.1) is 0 Å². The second kappa shape index (κ2) is 9.59. The van der Waals surface area contributed by atoms with Crippen molar-refractivity contribution >= 4 is 34.1 Å². The molecule has 0 amide bonds. The van der Waals surface area contributed by atoms with Crippen LogP contribution in [0.2, 0.25) is 0 Å². The summed E-state index contributed by atoms with van der Waals surface area (Å²) in [5.74, 6) is 0. The molecule has 0 aliphatic heterocycles. The van der Waals surface area contributed by atoms with E-state index in [1.54, 1.807) is 0 Å². The summed E-state index contributed by atoms with van der Waals surface area (Å²) in [5.41, 5.74) is 16.9. The van der Waals surface area contributed by atoms with Crippen LogP contribution >= 0.6 is 0 Å². The van der Waals surface area contributed by atoms with Gasteiger partial charge in [0.2, 0.25) is 0 Å². The van der Waals surface area contributed by atoms with Crippen molar-refractivity contribution in [3.8, 4) is 0 Å². The molecule has 0 fully saturated rings. The minimum Gasteiger partial charge on any atom is -0.399 e. The van der Waals surface area contributed by atoms with Gasteiger partial charge in [0, 0.05) is 49.9 Å². The van der Waals surface area contributed by atoms with Crippen molar-refractivity contribution in [1.29, 1.82) is 0 Å². The highest BCUT2D eigenvalue weighted by Crippen LogP contribution is 2.22. The van der Waals surface area contributed by atoms with Crippen LogP contribution in [0.4, 0.5) is 34.1 Å². The third-order valence-electron chi connectivity index (χ3n) is 4.79. The Morgan fingerprint density at radius 2 is 0.931 bits per heavy atom. The quantitative estimate of drug-likeness (QED) is 0.409. The standard InChI is InChI=1S/C23H28N6/c1-28(22-12-6-19(25)7-13-22)16-3-17-29(2)23-14-10-21(11-15-23)27-26-20-8-4-18(24)5-9-20/h4-15H,3,16-17,24-25H2,1-2H3/b27-26+. The smallest absolute Gasteiger partial charge is 0.0858 e. The number of benzene rings is 3. The molecule has 6 heteroatoms. The van der Waals surface area contributed by atoms with Gasteiger partial charge in [0.15, 0.2) is 0 Å². The van der Waals surface area contributed by atoms with E-state index >= 15 is 0 Å². The van der Waals surface area contributed by atoms with Gasteiger partial charge in [-0.05, 0) is 79.2 Å². The average molecular weight is 389 g/mol. The van der Waals surface area contributed by atoms with Gasteiger partial charge in [0.05, 0.1) is 11.4 Å². The van der Waals surface area contributed by atoms with Crippen LogP contribution in [-0.2, 0) is 0 Å². The van der Waals surface area contributed by atoms with Gasteiger partial charge in [0.25, 0.3) is 0 Å². The van der Waals surface area contributed by atoms with Crippen molar-refractivity contribution in [3.05, 3.63) is 72.8 Å². The number of nitrogen functional groups attached to an aromatic ring is 2. The lowest BCUT2D eigenvalue weighted by molar-refractivity contribution is 0.763. The third kappa shape index (κ3) is 5.97. The van der Waals surface area contributed by atoms with Crippen LogP contribution < -0.4 is 21.3 Å². The van der Waals surface area contributed by atoms with E-state index in [1.165, 1.54) is 5.69 Å². The van der Waals surface area contributed by atoms with Gasteiger partial charge in [-0.25, -0.2) is 0 Å². The molecule has 0 heterocycles. The summed E-state index contributed by atoms with van der Waals surface area (Å²) in [6.45, 7) is 1.94. The highest BCUT2D eigenvalue weighted by molar-refractivity contribution is 5.54. The van der Waals surface area contributed by atoms with Gasteiger partial charge in [-0.1, -0.05) is 0 Å². The number of rotatable bonds is 8. The fraction of sp³-hybridized carbons (Fsp3) is 0.217. The van der Waals surface area contributed by atoms with Crippen molar-refractivity contribution in [2.45, 2.75) is 6.42 Å². The molecule has 3 aromatic rings. The first-order valence-corrected chi connectivity index (χ1v) is 9.66. The van der Waals surface area contributed by atoms with Gasteiger partial charge in [0.1, 0.15) is 0 Å². The molecule has 0 atom stereocenters. The lowest BCUT2D eigenvalue weighted by atomic mass is 10.2. The average Bonchev–Trinajstić information content (AvgIpc) is 2.74. The highest BCUT2D eigenvalue weighted by atomic mass is 15.1. The highest BCUT2D eigenvalue weighted by Gasteiger charge is 2.04. The lowest BCUT2D eigenvalue weighted by Crippen LogP contribution is -2.25. The maximum atomic E-state index is 5.75. The summed E-state index contributed by atoms with van der Waals surface area (Å²) in [6, 6.07) is 23.4. The van der Waals surface area contributed by atoms with E-state index in [1.807, 2.05) is 48.5 Å². The summed E-state index contributed by atoms with van der Waals surface area (Å²) in [6.07, 6.45) is 1.05. The molecule has 0 bridgehead atoms. The molecule has 0 saturated carbocycles. The molecule has 29 heavy (non-hydrogen) atoms. The Bertz CT molecular complexity index is 917. The number of nitrogens with zero attached hydrogens (tertiary/aromatic N) is 4. The first-order chi connectivity index (χ1) is 14.0. The van der Waals surface area contributed by atoms with E-state index in [0.717, 1.165) is 47.9 Å². The molecule has 0 unspecified atom stereocenters. The Morgan fingerprint density at radius 3 is 1.38 bits per heavy atom. The van der Waals surface area contributed by atoms with Gasteiger partial charge in [-0.15, -0.1) is 0 Å². The Balaban J connectivity index is 1.48. The lowest BCUT2D eigenvalue weighted by Gasteiger charge is -2.23. The van der Waals surface area contributed by atoms with E-state index in [9.17, 15) is 0 Å². The Kier molecular flexibility index (Phi) is 6.68. The predicted octanol–water partition coefficient (Wildman–Crippen LogP) is 5.23. The normalized spacial score (nSPS) is 11.0. The molecule has 6 nitrogen and oxygen atoms in total. The number of azo groups is 1. The van der Waals surface area contributed by atoms with Gasteiger partial charge in [-0.3, -0.25) is 0 Å². The van der Waals surface area contributed by atoms with E-state index in [2.05, 4.69) is 58.4 Å². The second-order valence-corrected chi connectivity index (χ2v) is 7.10. The van der Waals surface area contributed by atoms with Crippen LogP contribution in [-0.4, -0.2) is 27.2 Å². The summed E-state index contributed by atoms with van der Waals surface area (Å²) in [7, 11) is 4.21. The number of nitrogens with two attached hydrogens (primary N) is 2. The molecular weight excluding hydrogens is 360 g/mol. The van der Waals surface area contributed by atoms with E-state index < -0.39 is 0 Å². The van der Waals surface area contributed by atoms with Crippen LogP contribution in [0.5, 0.6) is 0 Å².